The van der Waals surface area contributed by atoms with E-state index in [0.29, 0.717) is 29.5 Å². The van der Waals surface area contributed by atoms with Crippen molar-refractivity contribution in [2.45, 2.75) is 38.4 Å². The van der Waals surface area contributed by atoms with Gasteiger partial charge in [-0.25, -0.2) is 0 Å². The number of aryl methyl sites for hydroxylation is 1. The van der Waals surface area contributed by atoms with Gasteiger partial charge in [-0.15, -0.1) is 0 Å². The van der Waals surface area contributed by atoms with Crippen molar-refractivity contribution in [2.24, 2.45) is 11.1 Å². The first-order valence-corrected chi connectivity index (χ1v) is 8.70. The lowest BCUT2D eigenvalue weighted by Crippen LogP contribution is -2.27. The SMILES string of the molecule is Cc1cc(CC2(CC(=O)O)C=CC=CC2)c(CC(N)=O)c(CS)c1O. The van der Waals surface area contributed by atoms with Gasteiger partial charge in [0.25, 0.3) is 0 Å². The molecule has 0 spiro atoms. The van der Waals surface area contributed by atoms with Crippen LogP contribution in [0.4, 0.5) is 0 Å². The van der Waals surface area contributed by atoms with Gasteiger partial charge in [0.2, 0.25) is 5.91 Å². The number of carbonyl (C=O) groups is 2. The Labute approximate surface area is 152 Å². The summed E-state index contributed by atoms with van der Waals surface area (Å²) in [6, 6.07) is 1.82. The summed E-state index contributed by atoms with van der Waals surface area (Å²) < 4.78 is 0. The minimum atomic E-state index is -0.874. The van der Waals surface area contributed by atoms with E-state index < -0.39 is 17.3 Å². The van der Waals surface area contributed by atoms with E-state index >= 15 is 0 Å². The summed E-state index contributed by atoms with van der Waals surface area (Å²) in [4.78, 5) is 22.9. The van der Waals surface area contributed by atoms with Crippen LogP contribution in [0.5, 0.6) is 5.75 Å². The molecule has 5 nitrogen and oxygen atoms in total. The highest BCUT2D eigenvalue weighted by Crippen LogP contribution is 2.39. The summed E-state index contributed by atoms with van der Waals surface area (Å²) >= 11 is 4.28. The first-order valence-electron chi connectivity index (χ1n) is 8.06. The summed E-state index contributed by atoms with van der Waals surface area (Å²) in [5.41, 5.74) is 7.56. The second kappa shape index (κ2) is 7.78. The van der Waals surface area contributed by atoms with E-state index in [1.165, 1.54) is 0 Å². The molecule has 0 aromatic heterocycles. The van der Waals surface area contributed by atoms with E-state index in [0.717, 1.165) is 5.56 Å². The van der Waals surface area contributed by atoms with Crippen LogP contribution >= 0.6 is 12.6 Å². The van der Waals surface area contributed by atoms with Gasteiger partial charge in [-0.2, -0.15) is 12.6 Å². The van der Waals surface area contributed by atoms with E-state index in [1.807, 2.05) is 30.4 Å². The lowest BCUT2D eigenvalue weighted by Gasteiger charge is -2.31. The lowest BCUT2D eigenvalue weighted by molar-refractivity contribution is -0.139. The molecule has 0 aliphatic heterocycles. The molecule has 25 heavy (non-hydrogen) atoms. The van der Waals surface area contributed by atoms with E-state index in [2.05, 4.69) is 12.6 Å². The van der Waals surface area contributed by atoms with Gasteiger partial charge in [0.1, 0.15) is 5.75 Å². The summed E-state index contributed by atoms with van der Waals surface area (Å²) in [6.07, 6.45) is 8.63. The average Bonchev–Trinajstić information content (AvgIpc) is 2.52. The number of primary amides is 1. The number of benzene rings is 1. The monoisotopic (exact) mass is 361 g/mol. The molecular formula is C19H23NO4S. The van der Waals surface area contributed by atoms with Gasteiger partial charge in [0.15, 0.2) is 0 Å². The van der Waals surface area contributed by atoms with E-state index in [9.17, 15) is 19.8 Å². The molecule has 0 saturated carbocycles. The van der Waals surface area contributed by atoms with Crippen LogP contribution in [0.2, 0.25) is 0 Å². The maximum Gasteiger partial charge on any atom is 0.304 e. The Bertz CT molecular complexity index is 754. The molecule has 2 rings (SSSR count). The van der Waals surface area contributed by atoms with E-state index in [4.69, 9.17) is 5.73 Å². The Balaban J connectivity index is 2.54. The molecule has 6 heteroatoms. The molecule has 1 aromatic carbocycles. The zero-order valence-electron chi connectivity index (χ0n) is 14.2. The molecule has 1 atom stereocenters. The lowest BCUT2D eigenvalue weighted by atomic mass is 9.72. The number of hydrogen-bond donors (Lipinski definition) is 4. The number of aromatic hydroxyl groups is 1. The van der Waals surface area contributed by atoms with Crippen LogP contribution in [-0.4, -0.2) is 22.1 Å². The van der Waals surface area contributed by atoms with Crippen molar-refractivity contribution in [1.29, 1.82) is 0 Å². The number of carboxylic acid groups (broad SMARTS) is 1. The predicted molar refractivity (Wildman–Crippen MR) is 99.7 cm³/mol. The van der Waals surface area contributed by atoms with Gasteiger partial charge >= 0.3 is 5.97 Å². The Morgan fingerprint density at radius 3 is 2.56 bits per heavy atom. The largest absolute Gasteiger partial charge is 0.507 e. The standard InChI is InChI=1S/C19H23NO4S/c1-12-7-13(14(8-16(20)21)15(11-25)18(12)24)9-19(10-17(22)23)5-3-2-4-6-19/h2-5,7,24-25H,6,8-11H2,1H3,(H2,20,21)(H,22,23). The number of nitrogens with two attached hydrogens (primary N) is 1. The average molecular weight is 361 g/mol. The molecule has 1 unspecified atom stereocenters. The normalized spacial score (nSPS) is 19.1. The van der Waals surface area contributed by atoms with Gasteiger partial charge in [-0.05, 0) is 36.5 Å². The smallest absolute Gasteiger partial charge is 0.304 e. The number of allylic oxidation sites excluding steroid dienone is 4. The minimum absolute atomic E-state index is 0.0121. The van der Waals surface area contributed by atoms with Crippen LogP contribution in [0, 0.1) is 12.3 Å². The molecule has 0 fully saturated rings. The Hall–Kier alpha value is -2.21. The minimum Gasteiger partial charge on any atom is -0.507 e. The quantitative estimate of drug-likeness (QED) is 0.561. The van der Waals surface area contributed by atoms with Crippen LogP contribution in [0.15, 0.2) is 30.4 Å². The third kappa shape index (κ3) is 4.45. The number of aliphatic carboxylic acids is 1. The molecule has 0 saturated heterocycles. The number of amides is 1. The van der Waals surface area contributed by atoms with Gasteiger partial charge in [0, 0.05) is 16.7 Å². The van der Waals surface area contributed by atoms with Crippen molar-refractivity contribution in [3.05, 3.63) is 52.6 Å². The summed E-state index contributed by atoms with van der Waals surface area (Å²) in [6.45, 7) is 1.78. The molecule has 0 heterocycles. The van der Waals surface area contributed by atoms with Gasteiger partial charge in [-0.3, -0.25) is 9.59 Å². The molecule has 1 amide bonds. The number of thiol groups is 1. The van der Waals surface area contributed by atoms with Crippen LogP contribution in [-0.2, 0) is 28.2 Å². The zero-order valence-corrected chi connectivity index (χ0v) is 15.1. The van der Waals surface area contributed by atoms with Crippen molar-refractivity contribution < 1.29 is 19.8 Å². The molecule has 134 valence electrons. The predicted octanol–water partition coefficient (Wildman–Crippen LogP) is 2.68. The number of phenols is 1. The number of carboxylic acids is 1. The highest BCUT2D eigenvalue weighted by molar-refractivity contribution is 7.79. The fraction of sp³-hybridized carbons (Fsp3) is 0.368. The summed E-state index contributed by atoms with van der Waals surface area (Å²) in [5.74, 6) is -0.994. The van der Waals surface area contributed by atoms with Gasteiger partial charge in [0.05, 0.1) is 12.8 Å². The fourth-order valence-electron chi connectivity index (χ4n) is 3.43. The Morgan fingerprint density at radius 1 is 1.32 bits per heavy atom. The topological polar surface area (TPSA) is 101 Å². The summed E-state index contributed by atoms with van der Waals surface area (Å²) in [5, 5.41) is 19.6. The second-order valence-electron chi connectivity index (χ2n) is 6.56. The molecule has 4 N–H and O–H groups in total. The second-order valence-corrected chi connectivity index (χ2v) is 6.88. The number of rotatable bonds is 7. The van der Waals surface area contributed by atoms with Crippen LogP contribution in [0.25, 0.3) is 0 Å². The molecular weight excluding hydrogens is 338 g/mol. The van der Waals surface area contributed by atoms with Crippen LogP contribution in [0.3, 0.4) is 0 Å². The van der Waals surface area contributed by atoms with Crippen molar-refractivity contribution in [1.82, 2.24) is 0 Å². The molecule has 1 aromatic rings. The molecule has 1 aliphatic carbocycles. The first-order chi connectivity index (χ1) is 11.8. The maximum absolute atomic E-state index is 11.5. The van der Waals surface area contributed by atoms with Crippen molar-refractivity contribution >= 4 is 24.5 Å². The summed E-state index contributed by atoms with van der Waals surface area (Å²) in [7, 11) is 0. The number of hydrogen-bond acceptors (Lipinski definition) is 4. The molecule has 1 aliphatic rings. The first kappa shape index (κ1) is 19.1. The van der Waals surface area contributed by atoms with Crippen molar-refractivity contribution in [2.75, 3.05) is 0 Å². The van der Waals surface area contributed by atoms with Crippen molar-refractivity contribution in [3.8, 4) is 5.75 Å². The highest BCUT2D eigenvalue weighted by atomic mass is 32.1. The van der Waals surface area contributed by atoms with Gasteiger partial charge in [-0.1, -0.05) is 30.4 Å². The number of carbonyl (C=O) groups excluding carboxylic acids is 1. The maximum atomic E-state index is 11.5. The van der Waals surface area contributed by atoms with E-state index in [-0.39, 0.29) is 24.3 Å². The highest BCUT2D eigenvalue weighted by Gasteiger charge is 2.32. The fourth-order valence-corrected chi connectivity index (χ4v) is 3.77. The van der Waals surface area contributed by atoms with Gasteiger partial charge < -0.3 is 15.9 Å². The zero-order chi connectivity index (χ0) is 18.6. The molecule has 0 bridgehead atoms. The van der Waals surface area contributed by atoms with Crippen LogP contribution in [0.1, 0.15) is 35.1 Å². The van der Waals surface area contributed by atoms with Crippen LogP contribution < -0.4 is 5.73 Å². The molecule has 0 radical (unpaired) electrons. The van der Waals surface area contributed by atoms with Crippen molar-refractivity contribution in [3.63, 3.8) is 0 Å². The van der Waals surface area contributed by atoms with E-state index in [1.54, 1.807) is 6.92 Å². The Kier molecular flexibility index (Phi) is 5.95. The third-order valence-corrected chi connectivity index (χ3v) is 4.89. The third-order valence-electron chi connectivity index (χ3n) is 4.58. The number of phenolic OH excluding ortho intramolecular Hbond substituents is 1. The Morgan fingerprint density at radius 2 is 2.04 bits per heavy atom.